The van der Waals surface area contributed by atoms with Crippen LogP contribution in [0.5, 0.6) is 0 Å². The summed E-state index contributed by atoms with van der Waals surface area (Å²) < 4.78 is 11.3. The van der Waals surface area contributed by atoms with Crippen molar-refractivity contribution in [3.05, 3.63) is 0 Å². The van der Waals surface area contributed by atoms with Gasteiger partial charge in [0.2, 0.25) is 0 Å². The molecule has 0 spiro atoms. The summed E-state index contributed by atoms with van der Waals surface area (Å²) in [7, 11) is 0. The molecule has 0 saturated heterocycles. The van der Waals surface area contributed by atoms with Crippen molar-refractivity contribution in [2.24, 2.45) is 22.1 Å². The van der Waals surface area contributed by atoms with Gasteiger partial charge >= 0.3 is 12.2 Å². The van der Waals surface area contributed by atoms with Crippen LogP contribution in [0.15, 0.2) is 10.2 Å². The summed E-state index contributed by atoms with van der Waals surface area (Å²) in [5, 5.41) is 15.2. The Bertz CT molecular complexity index is 638. The molecular weight excluding hydrogens is 408 g/mol. The van der Waals surface area contributed by atoms with E-state index in [0.717, 1.165) is 77.0 Å². The number of amides is 2. The lowest BCUT2D eigenvalue weighted by atomic mass is 9.98. The number of azo groups is 1. The monoisotopic (exact) mass is 448 g/mol. The van der Waals surface area contributed by atoms with Crippen molar-refractivity contribution in [3.8, 4) is 0 Å². The Kier molecular flexibility index (Phi) is 7.25. The molecule has 180 valence electrons. The summed E-state index contributed by atoms with van der Waals surface area (Å²) in [5.41, 5.74) is -1.65. The van der Waals surface area contributed by atoms with E-state index in [9.17, 15) is 9.59 Å². The standard InChI is InChI=1S/C24H40N4O4/c1-23(17-13-14-17,25-21(29)31-19-9-5-3-6-10-19)27-28-24(2,18-15-16-18)26-22(30)32-20-11-7-4-8-12-20/h17-20H,3-16H2,1-2H3,(H,25,29)(H,26,30)/b28-27+. The van der Waals surface area contributed by atoms with Crippen LogP contribution in [0.2, 0.25) is 0 Å². The lowest BCUT2D eigenvalue weighted by Gasteiger charge is -2.31. The summed E-state index contributed by atoms with van der Waals surface area (Å²) in [6.07, 6.45) is 13.8. The summed E-state index contributed by atoms with van der Waals surface area (Å²) in [6.45, 7) is 3.81. The van der Waals surface area contributed by atoms with Crippen molar-refractivity contribution < 1.29 is 19.1 Å². The fourth-order valence-corrected chi connectivity index (χ4v) is 5.06. The van der Waals surface area contributed by atoms with E-state index in [1.165, 1.54) is 12.8 Å². The van der Waals surface area contributed by atoms with Crippen molar-refractivity contribution >= 4 is 12.2 Å². The van der Waals surface area contributed by atoms with Gasteiger partial charge in [-0.2, -0.15) is 10.2 Å². The Hall–Kier alpha value is -1.86. The van der Waals surface area contributed by atoms with Crippen LogP contribution in [0, 0.1) is 11.8 Å². The fraction of sp³-hybridized carbons (Fsp3) is 0.917. The fourth-order valence-electron chi connectivity index (χ4n) is 5.06. The van der Waals surface area contributed by atoms with E-state index in [4.69, 9.17) is 9.47 Å². The molecule has 4 aliphatic carbocycles. The van der Waals surface area contributed by atoms with E-state index in [1.54, 1.807) is 0 Å². The number of nitrogens with one attached hydrogen (secondary N) is 2. The Balaban J connectivity index is 1.37. The van der Waals surface area contributed by atoms with Gasteiger partial charge in [-0.3, -0.25) is 10.6 Å². The number of nitrogens with zero attached hydrogens (tertiary/aromatic N) is 2. The van der Waals surface area contributed by atoms with Gasteiger partial charge in [0.1, 0.15) is 12.2 Å². The largest absolute Gasteiger partial charge is 0.446 e. The number of ether oxygens (including phenoxy) is 2. The molecule has 0 bridgehead atoms. The zero-order valence-corrected chi connectivity index (χ0v) is 19.7. The van der Waals surface area contributed by atoms with Gasteiger partial charge < -0.3 is 9.47 Å². The first-order chi connectivity index (χ1) is 15.4. The predicted molar refractivity (Wildman–Crippen MR) is 120 cm³/mol. The van der Waals surface area contributed by atoms with Gasteiger partial charge in [0.25, 0.3) is 0 Å². The average Bonchev–Trinajstić information content (AvgIpc) is 3.65. The van der Waals surface area contributed by atoms with Crippen molar-refractivity contribution in [2.45, 2.75) is 127 Å². The topological polar surface area (TPSA) is 101 Å². The molecule has 0 aliphatic heterocycles. The average molecular weight is 449 g/mol. The molecule has 8 nitrogen and oxygen atoms in total. The minimum Gasteiger partial charge on any atom is -0.446 e. The highest BCUT2D eigenvalue weighted by Crippen LogP contribution is 2.44. The first-order valence-corrected chi connectivity index (χ1v) is 12.8. The summed E-state index contributed by atoms with van der Waals surface area (Å²) in [5.74, 6) is 0.477. The molecule has 0 radical (unpaired) electrons. The molecule has 0 aromatic heterocycles. The smallest absolute Gasteiger partial charge is 0.409 e. The van der Waals surface area contributed by atoms with Gasteiger partial charge in [-0.15, -0.1) is 0 Å². The third-order valence-electron chi connectivity index (χ3n) is 7.57. The van der Waals surface area contributed by atoms with Crippen molar-refractivity contribution in [3.63, 3.8) is 0 Å². The van der Waals surface area contributed by atoms with Crippen LogP contribution in [0.25, 0.3) is 0 Å². The molecule has 8 heteroatoms. The van der Waals surface area contributed by atoms with Crippen LogP contribution >= 0.6 is 0 Å². The predicted octanol–water partition coefficient (Wildman–Crippen LogP) is 5.81. The second-order valence-electron chi connectivity index (χ2n) is 10.6. The van der Waals surface area contributed by atoms with Gasteiger partial charge in [-0.05, 0) is 90.9 Å². The molecule has 2 N–H and O–H groups in total. The highest BCUT2D eigenvalue weighted by Gasteiger charge is 2.47. The quantitative estimate of drug-likeness (QED) is 0.458. The Morgan fingerprint density at radius 1 is 0.625 bits per heavy atom. The first-order valence-electron chi connectivity index (χ1n) is 12.8. The number of carbonyl (C=O) groups is 2. The van der Waals surface area contributed by atoms with E-state index in [0.29, 0.717) is 0 Å². The zero-order valence-electron chi connectivity index (χ0n) is 19.7. The second kappa shape index (κ2) is 9.96. The van der Waals surface area contributed by atoms with Gasteiger partial charge in [0.05, 0.1) is 0 Å². The Labute approximate surface area is 191 Å². The van der Waals surface area contributed by atoms with E-state index in [2.05, 4.69) is 20.9 Å². The summed E-state index contributed by atoms with van der Waals surface area (Å²) in [6, 6.07) is 0. The summed E-state index contributed by atoms with van der Waals surface area (Å²) in [4.78, 5) is 25.2. The van der Waals surface area contributed by atoms with Gasteiger partial charge in [-0.25, -0.2) is 9.59 Å². The maximum Gasteiger partial charge on any atom is 0.409 e. The van der Waals surface area contributed by atoms with E-state index >= 15 is 0 Å². The molecule has 2 unspecified atom stereocenters. The molecule has 0 aromatic carbocycles. The number of hydrogen-bond donors (Lipinski definition) is 2. The molecular formula is C24H40N4O4. The SMILES string of the molecule is CC(/N=N/C(C)(NC(=O)OC1CCCCC1)C1CC1)(NC(=O)OC1CCCCC1)C1CC1. The Morgan fingerprint density at radius 3 is 1.28 bits per heavy atom. The van der Waals surface area contributed by atoms with Crippen molar-refractivity contribution in [2.75, 3.05) is 0 Å². The van der Waals surface area contributed by atoms with E-state index < -0.39 is 23.5 Å². The Morgan fingerprint density at radius 2 is 0.969 bits per heavy atom. The van der Waals surface area contributed by atoms with E-state index in [1.807, 2.05) is 13.8 Å². The molecule has 2 atom stereocenters. The van der Waals surface area contributed by atoms with E-state index in [-0.39, 0.29) is 24.0 Å². The molecule has 32 heavy (non-hydrogen) atoms. The molecule has 4 rings (SSSR count). The highest BCUT2D eigenvalue weighted by molar-refractivity contribution is 5.69. The molecule has 0 aromatic rings. The number of hydrogen-bond acceptors (Lipinski definition) is 6. The highest BCUT2D eigenvalue weighted by atomic mass is 16.6. The molecule has 4 saturated carbocycles. The lowest BCUT2D eigenvalue weighted by Crippen LogP contribution is -2.50. The third-order valence-corrected chi connectivity index (χ3v) is 7.57. The number of carbonyl (C=O) groups excluding carboxylic acids is 2. The van der Waals surface area contributed by atoms with Crippen molar-refractivity contribution in [1.29, 1.82) is 0 Å². The first kappa shape index (κ1) is 23.3. The van der Waals surface area contributed by atoms with Crippen LogP contribution < -0.4 is 10.6 Å². The number of rotatable bonds is 8. The molecule has 4 aliphatic rings. The molecule has 2 amide bonds. The van der Waals surface area contributed by atoms with Gasteiger partial charge in [0.15, 0.2) is 11.3 Å². The maximum absolute atomic E-state index is 12.6. The van der Waals surface area contributed by atoms with Gasteiger partial charge in [-0.1, -0.05) is 12.8 Å². The maximum atomic E-state index is 12.6. The normalized spacial score (nSPS) is 26.7. The summed E-state index contributed by atoms with van der Waals surface area (Å²) >= 11 is 0. The van der Waals surface area contributed by atoms with Gasteiger partial charge in [0, 0.05) is 11.8 Å². The van der Waals surface area contributed by atoms with Crippen LogP contribution in [0.4, 0.5) is 9.59 Å². The number of alkyl carbamates (subject to hydrolysis) is 2. The molecule has 4 fully saturated rings. The van der Waals surface area contributed by atoms with Crippen LogP contribution in [-0.2, 0) is 9.47 Å². The third kappa shape index (κ3) is 6.35. The second-order valence-corrected chi connectivity index (χ2v) is 10.6. The van der Waals surface area contributed by atoms with Crippen LogP contribution in [-0.4, -0.2) is 35.7 Å². The molecule has 0 heterocycles. The van der Waals surface area contributed by atoms with Crippen molar-refractivity contribution in [1.82, 2.24) is 10.6 Å². The van der Waals surface area contributed by atoms with Crippen LogP contribution in [0.3, 0.4) is 0 Å². The van der Waals surface area contributed by atoms with Crippen LogP contribution in [0.1, 0.15) is 104 Å². The zero-order chi connectivity index (χ0) is 22.6. The minimum absolute atomic E-state index is 0.00269. The lowest BCUT2D eigenvalue weighted by molar-refractivity contribution is 0.0626. The minimum atomic E-state index is -0.823.